The van der Waals surface area contributed by atoms with E-state index in [1.54, 1.807) is 6.20 Å². The first-order chi connectivity index (χ1) is 11.5. The van der Waals surface area contributed by atoms with Crippen LogP contribution in [0, 0.1) is 0 Å². The third-order valence-corrected chi connectivity index (χ3v) is 5.42. The van der Waals surface area contributed by atoms with E-state index >= 15 is 0 Å². The van der Waals surface area contributed by atoms with E-state index in [0.29, 0.717) is 25.7 Å². The Kier molecular flexibility index (Phi) is 5.27. The van der Waals surface area contributed by atoms with Crippen LogP contribution in [0.5, 0.6) is 6.01 Å². The van der Waals surface area contributed by atoms with Gasteiger partial charge in [-0.2, -0.15) is 9.29 Å². The number of sulfonamides is 1. The molecule has 2 aromatic rings. The second-order valence-corrected chi connectivity index (χ2v) is 7.90. The smallest absolute Gasteiger partial charge is 0.316 e. The molecule has 1 aromatic carbocycles. The number of benzene rings is 1. The zero-order valence-corrected chi connectivity index (χ0v) is 14.6. The molecule has 130 valence electrons. The van der Waals surface area contributed by atoms with E-state index in [0.717, 1.165) is 37.0 Å². The molecular weight excluding hydrogens is 328 g/mol. The molecule has 24 heavy (non-hydrogen) atoms. The van der Waals surface area contributed by atoms with Gasteiger partial charge in [0.2, 0.25) is 10.0 Å². The summed E-state index contributed by atoms with van der Waals surface area (Å²) < 4.78 is 30.1. The standard InChI is InChI=1S/C16H22N4O3S/c1-24(21,22)20-10-8-19(9-11-20)7-4-12-23-16-17-13-14-5-2-3-6-15(14)18-16/h2-3,5-6,13H,4,7-12H2,1H3. The molecule has 0 atom stereocenters. The van der Waals surface area contributed by atoms with Gasteiger partial charge < -0.3 is 9.64 Å². The number of hydrogen-bond acceptors (Lipinski definition) is 6. The number of aromatic nitrogens is 2. The van der Waals surface area contributed by atoms with Crippen LogP contribution in [-0.2, 0) is 10.0 Å². The van der Waals surface area contributed by atoms with Gasteiger partial charge in [-0.05, 0) is 12.5 Å². The van der Waals surface area contributed by atoms with E-state index in [-0.39, 0.29) is 0 Å². The van der Waals surface area contributed by atoms with Crippen LogP contribution in [0.4, 0.5) is 0 Å². The number of ether oxygens (including phenoxy) is 1. The Labute approximate surface area is 142 Å². The molecule has 0 saturated carbocycles. The lowest BCUT2D eigenvalue weighted by Gasteiger charge is -2.33. The normalized spacial score (nSPS) is 17.2. The number of rotatable bonds is 6. The molecule has 0 unspecified atom stereocenters. The van der Waals surface area contributed by atoms with Crippen molar-refractivity contribution in [3.05, 3.63) is 30.5 Å². The maximum atomic E-state index is 11.5. The van der Waals surface area contributed by atoms with Crippen LogP contribution in [0.3, 0.4) is 0 Å². The van der Waals surface area contributed by atoms with Crippen molar-refractivity contribution in [2.75, 3.05) is 45.6 Å². The third-order valence-electron chi connectivity index (χ3n) is 4.12. The summed E-state index contributed by atoms with van der Waals surface area (Å²) in [6.45, 7) is 4.08. The van der Waals surface area contributed by atoms with E-state index in [9.17, 15) is 8.42 Å². The van der Waals surface area contributed by atoms with Crippen LogP contribution < -0.4 is 4.74 Å². The van der Waals surface area contributed by atoms with Gasteiger partial charge in [-0.1, -0.05) is 18.2 Å². The number of piperazine rings is 1. The molecule has 1 aromatic heterocycles. The molecule has 1 aliphatic heterocycles. The SMILES string of the molecule is CS(=O)(=O)N1CCN(CCCOc2ncc3ccccc3n2)CC1. The number of nitrogens with zero attached hydrogens (tertiary/aromatic N) is 4. The molecule has 1 saturated heterocycles. The lowest BCUT2D eigenvalue weighted by Crippen LogP contribution is -2.48. The molecule has 1 fully saturated rings. The molecule has 8 heteroatoms. The zero-order chi connectivity index (χ0) is 17.0. The van der Waals surface area contributed by atoms with E-state index in [2.05, 4.69) is 14.9 Å². The second kappa shape index (κ2) is 7.42. The Hall–Kier alpha value is -1.77. The Morgan fingerprint density at radius 3 is 2.67 bits per heavy atom. The predicted molar refractivity (Wildman–Crippen MR) is 92.5 cm³/mol. The molecule has 7 nitrogen and oxygen atoms in total. The minimum Gasteiger partial charge on any atom is -0.463 e. The summed E-state index contributed by atoms with van der Waals surface area (Å²) in [5.41, 5.74) is 0.874. The van der Waals surface area contributed by atoms with Gasteiger partial charge in [-0.25, -0.2) is 13.4 Å². The summed E-state index contributed by atoms with van der Waals surface area (Å²) >= 11 is 0. The van der Waals surface area contributed by atoms with Crippen molar-refractivity contribution in [3.8, 4) is 6.01 Å². The summed E-state index contributed by atoms with van der Waals surface area (Å²) in [5.74, 6) is 0. The predicted octanol–water partition coefficient (Wildman–Crippen LogP) is 0.976. The quantitative estimate of drug-likeness (QED) is 0.723. The topological polar surface area (TPSA) is 75.6 Å². The van der Waals surface area contributed by atoms with E-state index in [1.807, 2.05) is 24.3 Å². The van der Waals surface area contributed by atoms with Crippen LogP contribution >= 0.6 is 0 Å². The third kappa shape index (κ3) is 4.40. The largest absolute Gasteiger partial charge is 0.463 e. The molecule has 1 aliphatic rings. The monoisotopic (exact) mass is 350 g/mol. The van der Waals surface area contributed by atoms with Crippen molar-refractivity contribution in [3.63, 3.8) is 0 Å². The van der Waals surface area contributed by atoms with Crippen molar-refractivity contribution < 1.29 is 13.2 Å². The number of para-hydroxylation sites is 1. The van der Waals surface area contributed by atoms with Crippen molar-refractivity contribution in [1.29, 1.82) is 0 Å². The average Bonchev–Trinajstić information content (AvgIpc) is 2.58. The van der Waals surface area contributed by atoms with Crippen LogP contribution in [-0.4, -0.2) is 73.2 Å². The maximum Gasteiger partial charge on any atom is 0.316 e. The van der Waals surface area contributed by atoms with E-state index < -0.39 is 10.0 Å². The van der Waals surface area contributed by atoms with Crippen LogP contribution in [0.25, 0.3) is 10.9 Å². The molecule has 0 aliphatic carbocycles. The fraction of sp³-hybridized carbons (Fsp3) is 0.500. The highest BCUT2D eigenvalue weighted by atomic mass is 32.2. The first-order valence-electron chi connectivity index (χ1n) is 8.04. The zero-order valence-electron chi connectivity index (χ0n) is 13.8. The Morgan fingerprint density at radius 1 is 1.17 bits per heavy atom. The lowest BCUT2D eigenvalue weighted by molar-refractivity contribution is 0.173. The average molecular weight is 350 g/mol. The molecule has 0 radical (unpaired) electrons. The molecule has 2 heterocycles. The summed E-state index contributed by atoms with van der Waals surface area (Å²) in [7, 11) is -3.06. The Bertz CT molecular complexity index is 789. The fourth-order valence-corrected chi connectivity index (χ4v) is 3.59. The van der Waals surface area contributed by atoms with Gasteiger partial charge >= 0.3 is 6.01 Å². The van der Waals surface area contributed by atoms with Crippen molar-refractivity contribution in [1.82, 2.24) is 19.2 Å². The molecule has 0 amide bonds. The first kappa shape index (κ1) is 17.1. The molecular formula is C16H22N4O3S. The molecule has 0 bridgehead atoms. The maximum absolute atomic E-state index is 11.5. The second-order valence-electron chi connectivity index (χ2n) is 5.92. The Balaban J connectivity index is 1.41. The van der Waals surface area contributed by atoms with Crippen molar-refractivity contribution >= 4 is 20.9 Å². The van der Waals surface area contributed by atoms with Gasteiger partial charge in [0.05, 0.1) is 18.4 Å². The Morgan fingerprint density at radius 2 is 1.92 bits per heavy atom. The highest BCUT2D eigenvalue weighted by Crippen LogP contribution is 2.13. The van der Waals surface area contributed by atoms with Crippen LogP contribution in [0.1, 0.15) is 6.42 Å². The van der Waals surface area contributed by atoms with Crippen LogP contribution in [0.2, 0.25) is 0 Å². The highest BCUT2D eigenvalue weighted by molar-refractivity contribution is 7.88. The summed E-state index contributed by atoms with van der Waals surface area (Å²) in [6, 6.07) is 8.20. The summed E-state index contributed by atoms with van der Waals surface area (Å²) in [6.07, 6.45) is 3.89. The van der Waals surface area contributed by atoms with Gasteiger partial charge in [0.25, 0.3) is 0 Å². The molecule has 3 rings (SSSR count). The van der Waals surface area contributed by atoms with Gasteiger partial charge in [-0.3, -0.25) is 0 Å². The summed E-state index contributed by atoms with van der Waals surface area (Å²) in [5, 5.41) is 0.994. The fourth-order valence-electron chi connectivity index (χ4n) is 2.76. The van der Waals surface area contributed by atoms with Crippen LogP contribution in [0.15, 0.2) is 30.5 Å². The molecule has 0 spiro atoms. The van der Waals surface area contributed by atoms with E-state index in [1.165, 1.54) is 10.6 Å². The highest BCUT2D eigenvalue weighted by Gasteiger charge is 2.22. The van der Waals surface area contributed by atoms with E-state index in [4.69, 9.17) is 4.74 Å². The van der Waals surface area contributed by atoms with Gasteiger partial charge in [0.15, 0.2) is 0 Å². The molecule has 0 N–H and O–H groups in total. The number of fused-ring (bicyclic) bond motifs is 1. The minimum absolute atomic E-state index is 0.399. The lowest BCUT2D eigenvalue weighted by atomic mass is 10.2. The van der Waals surface area contributed by atoms with Gasteiger partial charge in [0.1, 0.15) is 0 Å². The van der Waals surface area contributed by atoms with Crippen molar-refractivity contribution in [2.45, 2.75) is 6.42 Å². The van der Waals surface area contributed by atoms with Gasteiger partial charge in [0, 0.05) is 44.3 Å². The number of hydrogen-bond donors (Lipinski definition) is 0. The summed E-state index contributed by atoms with van der Waals surface area (Å²) in [4.78, 5) is 10.8. The first-order valence-corrected chi connectivity index (χ1v) is 9.89. The van der Waals surface area contributed by atoms with Crippen molar-refractivity contribution in [2.24, 2.45) is 0 Å². The minimum atomic E-state index is -3.06. The van der Waals surface area contributed by atoms with Gasteiger partial charge in [-0.15, -0.1) is 0 Å².